The number of hydrogen-bond donors (Lipinski definition) is 2. The molecule has 0 fully saturated rings. The van der Waals surface area contributed by atoms with Gasteiger partial charge in [0.25, 0.3) is 15.9 Å². The van der Waals surface area contributed by atoms with Gasteiger partial charge in [0, 0.05) is 6.54 Å². The van der Waals surface area contributed by atoms with Crippen molar-refractivity contribution in [3.05, 3.63) is 53.6 Å². The van der Waals surface area contributed by atoms with Crippen LogP contribution >= 0.6 is 0 Å². The molecule has 2 N–H and O–H groups in total. The molecule has 0 bridgehead atoms. The molecule has 0 saturated heterocycles. The van der Waals surface area contributed by atoms with E-state index in [1.165, 1.54) is 6.07 Å². The van der Waals surface area contributed by atoms with E-state index < -0.39 is 10.0 Å². The van der Waals surface area contributed by atoms with Gasteiger partial charge in [0.05, 0.1) is 23.3 Å². The summed E-state index contributed by atoms with van der Waals surface area (Å²) in [6.07, 6.45) is 2.47. The molecule has 2 rings (SSSR count). The number of ether oxygens (including phenoxy) is 1. The van der Waals surface area contributed by atoms with Crippen molar-refractivity contribution >= 4 is 21.6 Å². The van der Waals surface area contributed by atoms with Crippen molar-refractivity contribution < 1.29 is 17.9 Å². The van der Waals surface area contributed by atoms with Gasteiger partial charge in [0.15, 0.2) is 0 Å². The standard InChI is InChI=1S/C20H26N2O4S/c1-4-6-13-21-20(23)17-9-7-8-10-18(17)22-27(24,25)16-11-12-19(26-3)15(5-2)14-16/h7-12,14,22H,4-6,13H2,1-3H3,(H,21,23). The third-order valence-corrected chi connectivity index (χ3v) is 5.54. The molecule has 0 radical (unpaired) electrons. The van der Waals surface area contributed by atoms with E-state index >= 15 is 0 Å². The normalized spacial score (nSPS) is 11.1. The summed E-state index contributed by atoms with van der Waals surface area (Å²) in [5.74, 6) is 0.345. The minimum atomic E-state index is -3.84. The number of unbranched alkanes of at least 4 members (excludes halogenated alkanes) is 1. The van der Waals surface area contributed by atoms with Crippen molar-refractivity contribution in [3.63, 3.8) is 0 Å². The number of anilines is 1. The number of para-hydroxylation sites is 1. The van der Waals surface area contributed by atoms with E-state index in [-0.39, 0.29) is 16.5 Å². The Kier molecular flexibility index (Phi) is 7.24. The molecule has 0 aliphatic carbocycles. The van der Waals surface area contributed by atoms with Crippen LogP contribution in [0.3, 0.4) is 0 Å². The van der Waals surface area contributed by atoms with E-state index in [1.807, 2.05) is 13.8 Å². The van der Waals surface area contributed by atoms with Crippen LogP contribution in [0, 0.1) is 0 Å². The Hall–Kier alpha value is -2.54. The zero-order valence-electron chi connectivity index (χ0n) is 15.9. The molecule has 0 aliphatic heterocycles. The van der Waals surface area contributed by atoms with Crippen LogP contribution < -0.4 is 14.8 Å². The van der Waals surface area contributed by atoms with Crippen molar-refractivity contribution in [2.45, 2.75) is 38.0 Å². The average Bonchev–Trinajstić information content (AvgIpc) is 2.67. The molecule has 0 spiro atoms. The fourth-order valence-electron chi connectivity index (χ4n) is 2.65. The lowest BCUT2D eigenvalue weighted by molar-refractivity contribution is 0.0954. The summed E-state index contributed by atoms with van der Waals surface area (Å²) in [6, 6.07) is 11.3. The minimum absolute atomic E-state index is 0.126. The number of amides is 1. The van der Waals surface area contributed by atoms with Crippen LogP contribution in [0.25, 0.3) is 0 Å². The van der Waals surface area contributed by atoms with Gasteiger partial charge >= 0.3 is 0 Å². The smallest absolute Gasteiger partial charge is 0.261 e. The second kappa shape index (κ2) is 9.41. The highest BCUT2D eigenvalue weighted by Crippen LogP contribution is 2.25. The maximum atomic E-state index is 12.8. The number of carbonyl (C=O) groups is 1. The number of aryl methyl sites for hydroxylation is 1. The maximum Gasteiger partial charge on any atom is 0.261 e. The molecule has 7 heteroatoms. The van der Waals surface area contributed by atoms with E-state index in [0.717, 1.165) is 18.4 Å². The monoisotopic (exact) mass is 390 g/mol. The molecule has 0 atom stereocenters. The topological polar surface area (TPSA) is 84.5 Å². The molecule has 0 heterocycles. The molecule has 27 heavy (non-hydrogen) atoms. The molecular formula is C20H26N2O4S. The predicted molar refractivity (Wildman–Crippen MR) is 107 cm³/mol. The van der Waals surface area contributed by atoms with Crippen LogP contribution in [0.5, 0.6) is 5.75 Å². The van der Waals surface area contributed by atoms with Crippen molar-refractivity contribution in [3.8, 4) is 5.75 Å². The number of nitrogens with one attached hydrogen (secondary N) is 2. The molecule has 2 aromatic rings. The van der Waals surface area contributed by atoms with Gasteiger partial charge in [-0.25, -0.2) is 8.42 Å². The Morgan fingerprint density at radius 1 is 1.11 bits per heavy atom. The van der Waals surface area contributed by atoms with Gasteiger partial charge in [-0.3, -0.25) is 9.52 Å². The lowest BCUT2D eigenvalue weighted by Gasteiger charge is -2.14. The summed E-state index contributed by atoms with van der Waals surface area (Å²) in [5, 5.41) is 2.81. The van der Waals surface area contributed by atoms with E-state index in [1.54, 1.807) is 43.5 Å². The van der Waals surface area contributed by atoms with Crippen molar-refractivity contribution in [1.82, 2.24) is 5.32 Å². The number of methoxy groups -OCH3 is 1. The Morgan fingerprint density at radius 2 is 1.85 bits per heavy atom. The Labute approximate surface area is 161 Å². The van der Waals surface area contributed by atoms with Crippen LogP contribution in [0.4, 0.5) is 5.69 Å². The number of rotatable bonds is 9. The molecule has 0 aliphatic rings. The van der Waals surface area contributed by atoms with Crippen LogP contribution in [-0.2, 0) is 16.4 Å². The molecule has 2 aromatic carbocycles. The van der Waals surface area contributed by atoms with Crippen LogP contribution in [0.15, 0.2) is 47.4 Å². The average molecular weight is 391 g/mol. The second-order valence-corrected chi connectivity index (χ2v) is 7.77. The third-order valence-electron chi connectivity index (χ3n) is 4.17. The Morgan fingerprint density at radius 3 is 2.52 bits per heavy atom. The summed E-state index contributed by atoms with van der Waals surface area (Å²) in [7, 11) is -2.29. The van der Waals surface area contributed by atoms with Gasteiger partial charge in [0.1, 0.15) is 5.75 Å². The number of carbonyl (C=O) groups excluding carboxylic acids is 1. The first-order valence-electron chi connectivity index (χ1n) is 8.99. The number of hydrogen-bond acceptors (Lipinski definition) is 4. The van der Waals surface area contributed by atoms with E-state index in [9.17, 15) is 13.2 Å². The first-order chi connectivity index (χ1) is 12.9. The summed E-state index contributed by atoms with van der Waals surface area (Å²) < 4.78 is 33.4. The second-order valence-electron chi connectivity index (χ2n) is 6.09. The summed E-state index contributed by atoms with van der Waals surface area (Å²) in [4.78, 5) is 12.5. The lowest BCUT2D eigenvalue weighted by atomic mass is 10.1. The van der Waals surface area contributed by atoms with Gasteiger partial charge < -0.3 is 10.1 Å². The van der Waals surface area contributed by atoms with Crippen LogP contribution in [0.1, 0.15) is 42.6 Å². The van der Waals surface area contributed by atoms with Gasteiger partial charge in [-0.2, -0.15) is 0 Å². The largest absolute Gasteiger partial charge is 0.496 e. The molecule has 0 saturated carbocycles. The van der Waals surface area contributed by atoms with E-state index in [2.05, 4.69) is 10.0 Å². The fourth-order valence-corrected chi connectivity index (χ4v) is 3.78. The SMILES string of the molecule is CCCCNC(=O)c1ccccc1NS(=O)(=O)c1ccc(OC)c(CC)c1. The van der Waals surface area contributed by atoms with E-state index in [0.29, 0.717) is 24.3 Å². The molecule has 1 amide bonds. The van der Waals surface area contributed by atoms with Crippen LogP contribution in [0.2, 0.25) is 0 Å². The Bertz CT molecular complexity index is 895. The Balaban J connectivity index is 2.29. The van der Waals surface area contributed by atoms with Crippen molar-refractivity contribution in [2.75, 3.05) is 18.4 Å². The molecule has 0 aromatic heterocycles. The molecule has 6 nitrogen and oxygen atoms in total. The summed E-state index contributed by atoms with van der Waals surface area (Å²) in [6.45, 7) is 4.51. The highest BCUT2D eigenvalue weighted by atomic mass is 32.2. The van der Waals surface area contributed by atoms with Gasteiger partial charge in [-0.1, -0.05) is 32.4 Å². The molecule has 0 unspecified atom stereocenters. The highest BCUT2D eigenvalue weighted by Gasteiger charge is 2.19. The fraction of sp³-hybridized carbons (Fsp3) is 0.350. The zero-order valence-corrected chi connectivity index (χ0v) is 16.7. The van der Waals surface area contributed by atoms with Gasteiger partial charge in [-0.05, 0) is 48.7 Å². The summed E-state index contributed by atoms with van der Waals surface area (Å²) in [5.41, 5.74) is 1.34. The van der Waals surface area contributed by atoms with Gasteiger partial charge in [-0.15, -0.1) is 0 Å². The number of sulfonamides is 1. The van der Waals surface area contributed by atoms with Crippen molar-refractivity contribution in [1.29, 1.82) is 0 Å². The molecular weight excluding hydrogens is 364 g/mol. The predicted octanol–water partition coefficient (Wildman–Crippen LogP) is 3.59. The molecule has 146 valence electrons. The summed E-state index contributed by atoms with van der Waals surface area (Å²) >= 11 is 0. The quantitative estimate of drug-likeness (QED) is 0.641. The third kappa shape index (κ3) is 5.23. The van der Waals surface area contributed by atoms with Crippen molar-refractivity contribution in [2.24, 2.45) is 0 Å². The minimum Gasteiger partial charge on any atom is -0.496 e. The number of benzene rings is 2. The van der Waals surface area contributed by atoms with Gasteiger partial charge in [0.2, 0.25) is 0 Å². The van der Waals surface area contributed by atoms with E-state index in [4.69, 9.17) is 4.74 Å². The first-order valence-corrected chi connectivity index (χ1v) is 10.5. The van der Waals surface area contributed by atoms with Crippen LogP contribution in [-0.4, -0.2) is 28.0 Å². The highest BCUT2D eigenvalue weighted by molar-refractivity contribution is 7.92. The first kappa shape index (κ1) is 20.8. The zero-order chi connectivity index (χ0) is 19.9. The lowest BCUT2D eigenvalue weighted by Crippen LogP contribution is -2.26. The maximum absolute atomic E-state index is 12.8.